The van der Waals surface area contributed by atoms with Crippen molar-refractivity contribution in [2.75, 3.05) is 31.1 Å². The lowest BCUT2D eigenvalue weighted by Gasteiger charge is -2.36. The van der Waals surface area contributed by atoms with Crippen LogP contribution in [-0.2, 0) is 0 Å². The van der Waals surface area contributed by atoms with Gasteiger partial charge in [-0.3, -0.25) is 14.9 Å². The predicted molar refractivity (Wildman–Crippen MR) is 108 cm³/mol. The molecule has 0 atom stereocenters. The summed E-state index contributed by atoms with van der Waals surface area (Å²) >= 11 is 7.86. The third-order valence-corrected chi connectivity index (χ3v) is 6.39. The highest BCUT2D eigenvalue weighted by atomic mass is 35.5. The van der Waals surface area contributed by atoms with Gasteiger partial charge in [-0.15, -0.1) is 11.3 Å². The highest BCUT2D eigenvalue weighted by Crippen LogP contribution is 2.36. The van der Waals surface area contributed by atoms with Gasteiger partial charge < -0.3 is 9.80 Å². The van der Waals surface area contributed by atoms with Gasteiger partial charge >= 0.3 is 0 Å². The Morgan fingerprint density at radius 1 is 1.04 bits per heavy atom. The van der Waals surface area contributed by atoms with Crippen molar-refractivity contribution in [3.63, 3.8) is 0 Å². The van der Waals surface area contributed by atoms with Crippen molar-refractivity contribution in [2.45, 2.75) is 0 Å². The van der Waals surface area contributed by atoms with Crippen molar-refractivity contribution < 1.29 is 9.72 Å². The summed E-state index contributed by atoms with van der Waals surface area (Å²) in [5.74, 6) is -0.0375. The maximum absolute atomic E-state index is 12.9. The Morgan fingerprint density at radius 3 is 2.33 bits per heavy atom. The van der Waals surface area contributed by atoms with E-state index in [0.29, 0.717) is 36.1 Å². The fraction of sp³-hybridized carbons (Fsp3) is 0.211. The van der Waals surface area contributed by atoms with Crippen LogP contribution in [0.1, 0.15) is 9.67 Å². The van der Waals surface area contributed by atoms with E-state index in [0.717, 1.165) is 15.8 Å². The van der Waals surface area contributed by atoms with Crippen LogP contribution >= 0.6 is 22.9 Å². The van der Waals surface area contributed by atoms with Gasteiger partial charge in [-0.2, -0.15) is 0 Å². The molecule has 1 amide bonds. The van der Waals surface area contributed by atoms with Crippen LogP contribution in [0.15, 0.2) is 48.5 Å². The van der Waals surface area contributed by atoms with Crippen LogP contribution in [0.3, 0.4) is 0 Å². The molecule has 1 aliphatic rings. The Bertz CT molecular complexity index is 1010. The largest absolute Gasteiger partial charge is 0.368 e. The van der Waals surface area contributed by atoms with E-state index >= 15 is 0 Å². The first-order chi connectivity index (χ1) is 13.0. The lowest BCUT2D eigenvalue weighted by Crippen LogP contribution is -2.48. The van der Waals surface area contributed by atoms with Gasteiger partial charge in [0.1, 0.15) is 4.88 Å². The molecule has 6 nitrogen and oxygen atoms in total. The summed E-state index contributed by atoms with van der Waals surface area (Å²) in [6.45, 7) is 2.51. The molecule has 0 aliphatic carbocycles. The van der Waals surface area contributed by atoms with E-state index in [1.807, 2.05) is 29.2 Å². The van der Waals surface area contributed by atoms with Crippen molar-refractivity contribution in [3.8, 4) is 0 Å². The second-order valence-corrected chi connectivity index (χ2v) is 7.72. The lowest BCUT2D eigenvalue weighted by molar-refractivity contribution is -0.384. The molecule has 0 saturated carbocycles. The number of thiophene rings is 1. The van der Waals surface area contributed by atoms with Crippen LogP contribution in [0, 0.1) is 10.1 Å². The fourth-order valence-electron chi connectivity index (χ4n) is 3.25. The number of nitro groups is 1. The predicted octanol–water partition coefficient (Wildman–Crippen LogP) is 4.43. The highest BCUT2D eigenvalue weighted by molar-refractivity contribution is 7.21. The first-order valence-electron chi connectivity index (χ1n) is 8.50. The molecule has 0 spiro atoms. The second kappa shape index (κ2) is 7.17. The van der Waals surface area contributed by atoms with Crippen LogP contribution in [0.2, 0.25) is 5.02 Å². The molecular weight excluding hydrogens is 386 g/mol. The number of nitro benzene ring substituents is 1. The molecule has 0 radical (unpaired) electrons. The zero-order chi connectivity index (χ0) is 19.0. The number of halogens is 1. The molecule has 138 valence electrons. The standard InChI is InChI=1S/C19H16ClN3O3S/c20-17-15-3-1-2-4-16(15)27-18(17)19(24)22-11-9-21(10-12-22)13-5-7-14(8-6-13)23(25)26/h1-8H,9-12H2. The molecule has 1 fully saturated rings. The number of piperazine rings is 1. The summed E-state index contributed by atoms with van der Waals surface area (Å²) in [5.41, 5.74) is 1.000. The maximum Gasteiger partial charge on any atom is 0.269 e. The molecule has 2 heterocycles. The molecule has 1 aromatic heterocycles. The molecule has 0 unspecified atom stereocenters. The van der Waals surface area contributed by atoms with E-state index in [1.54, 1.807) is 12.1 Å². The third kappa shape index (κ3) is 3.36. The van der Waals surface area contributed by atoms with Crippen molar-refractivity contribution in [2.24, 2.45) is 0 Å². The van der Waals surface area contributed by atoms with Crippen molar-refractivity contribution in [1.82, 2.24) is 4.90 Å². The molecule has 0 bridgehead atoms. The van der Waals surface area contributed by atoms with Gasteiger partial charge in [0.2, 0.25) is 0 Å². The Labute approximate surface area is 164 Å². The number of carbonyl (C=O) groups excluding carboxylic acids is 1. The van der Waals surface area contributed by atoms with Gasteiger partial charge in [0.25, 0.3) is 11.6 Å². The summed E-state index contributed by atoms with van der Waals surface area (Å²) < 4.78 is 1.01. The summed E-state index contributed by atoms with van der Waals surface area (Å²) in [6, 6.07) is 14.3. The van der Waals surface area contributed by atoms with Crippen molar-refractivity contribution >= 4 is 50.3 Å². The van der Waals surface area contributed by atoms with Crippen LogP contribution in [0.4, 0.5) is 11.4 Å². The number of hydrogen-bond donors (Lipinski definition) is 0. The van der Waals surface area contributed by atoms with E-state index < -0.39 is 4.92 Å². The fourth-order valence-corrected chi connectivity index (χ4v) is 4.73. The van der Waals surface area contributed by atoms with E-state index in [-0.39, 0.29) is 11.6 Å². The first kappa shape index (κ1) is 17.8. The Kier molecular flexibility index (Phi) is 4.72. The lowest BCUT2D eigenvalue weighted by atomic mass is 10.2. The minimum Gasteiger partial charge on any atom is -0.368 e. The minimum absolute atomic E-state index is 0.0375. The number of nitrogens with zero attached hydrogens (tertiary/aromatic N) is 3. The van der Waals surface area contributed by atoms with E-state index in [4.69, 9.17) is 11.6 Å². The number of amides is 1. The maximum atomic E-state index is 12.9. The quantitative estimate of drug-likeness (QED) is 0.481. The molecular formula is C19H16ClN3O3S. The number of non-ortho nitro benzene ring substituents is 1. The Hall–Kier alpha value is -2.64. The van der Waals surface area contributed by atoms with Crippen molar-refractivity contribution in [3.05, 3.63) is 68.5 Å². The average molecular weight is 402 g/mol. The normalized spacial score (nSPS) is 14.6. The number of hydrogen-bond acceptors (Lipinski definition) is 5. The van der Waals surface area contributed by atoms with Crippen LogP contribution in [0.5, 0.6) is 0 Å². The van der Waals surface area contributed by atoms with Crippen LogP contribution in [-0.4, -0.2) is 41.9 Å². The van der Waals surface area contributed by atoms with Crippen LogP contribution in [0.25, 0.3) is 10.1 Å². The van der Waals surface area contributed by atoms with E-state index in [2.05, 4.69) is 4.90 Å². The van der Waals surface area contributed by atoms with Gasteiger partial charge in [0.15, 0.2) is 0 Å². The molecule has 27 heavy (non-hydrogen) atoms. The van der Waals surface area contributed by atoms with Crippen molar-refractivity contribution in [1.29, 1.82) is 0 Å². The van der Waals surface area contributed by atoms with E-state index in [1.165, 1.54) is 23.5 Å². The van der Waals surface area contributed by atoms with E-state index in [9.17, 15) is 14.9 Å². The van der Waals surface area contributed by atoms with Gasteiger partial charge in [0, 0.05) is 54.1 Å². The summed E-state index contributed by atoms with van der Waals surface area (Å²) in [6.07, 6.45) is 0. The van der Waals surface area contributed by atoms with Crippen LogP contribution < -0.4 is 4.90 Å². The number of benzene rings is 2. The zero-order valence-electron chi connectivity index (χ0n) is 14.3. The molecule has 2 aromatic carbocycles. The zero-order valence-corrected chi connectivity index (χ0v) is 15.9. The monoisotopic (exact) mass is 401 g/mol. The summed E-state index contributed by atoms with van der Waals surface area (Å²) in [5, 5.41) is 12.2. The second-order valence-electron chi connectivity index (χ2n) is 6.29. The summed E-state index contributed by atoms with van der Waals surface area (Å²) in [4.78, 5) is 27.8. The van der Waals surface area contributed by atoms with Gasteiger partial charge in [0.05, 0.1) is 9.95 Å². The highest BCUT2D eigenvalue weighted by Gasteiger charge is 2.26. The topological polar surface area (TPSA) is 66.7 Å². The smallest absolute Gasteiger partial charge is 0.269 e. The Balaban J connectivity index is 1.46. The molecule has 1 aliphatic heterocycles. The number of fused-ring (bicyclic) bond motifs is 1. The number of carbonyl (C=O) groups is 1. The molecule has 1 saturated heterocycles. The third-order valence-electron chi connectivity index (χ3n) is 4.72. The molecule has 3 aromatic rings. The summed E-state index contributed by atoms with van der Waals surface area (Å²) in [7, 11) is 0. The number of rotatable bonds is 3. The molecule has 8 heteroatoms. The SMILES string of the molecule is O=C(c1sc2ccccc2c1Cl)N1CCN(c2ccc([N+](=O)[O-])cc2)CC1. The van der Waals surface area contributed by atoms with Gasteiger partial charge in [-0.05, 0) is 18.2 Å². The molecule has 4 rings (SSSR count). The molecule has 0 N–H and O–H groups in total. The van der Waals surface area contributed by atoms with Gasteiger partial charge in [-0.1, -0.05) is 29.8 Å². The Morgan fingerprint density at radius 2 is 1.70 bits per heavy atom. The first-order valence-corrected chi connectivity index (χ1v) is 9.70. The average Bonchev–Trinajstić information content (AvgIpc) is 3.04. The van der Waals surface area contributed by atoms with Gasteiger partial charge in [-0.25, -0.2) is 0 Å². The number of anilines is 1. The minimum atomic E-state index is -0.408.